The molecule has 1 aromatic carbocycles. The molecule has 1 aromatic rings. The van der Waals surface area contributed by atoms with Crippen LogP contribution in [0.15, 0.2) is 18.2 Å². The summed E-state index contributed by atoms with van der Waals surface area (Å²) in [6.45, 7) is 2.45. The van der Waals surface area contributed by atoms with Gasteiger partial charge in [0.05, 0.1) is 6.61 Å². The van der Waals surface area contributed by atoms with Crippen LogP contribution in [0.25, 0.3) is 0 Å². The lowest BCUT2D eigenvalue weighted by Gasteiger charge is -2.24. The first kappa shape index (κ1) is 16.7. The van der Waals surface area contributed by atoms with Gasteiger partial charge in [0.2, 0.25) is 0 Å². The van der Waals surface area contributed by atoms with Crippen molar-refractivity contribution in [2.45, 2.75) is 32.1 Å². The molecule has 0 bridgehead atoms. The van der Waals surface area contributed by atoms with Crippen molar-refractivity contribution in [3.8, 4) is 0 Å². The lowest BCUT2D eigenvalue weighted by atomic mass is 9.85. The van der Waals surface area contributed by atoms with Gasteiger partial charge in [0.1, 0.15) is 5.82 Å². The molecule has 1 N–H and O–H groups in total. The van der Waals surface area contributed by atoms with Gasteiger partial charge in [-0.15, -0.1) is 0 Å². The number of hydrogen-bond acceptors (Lipinski definition) is 2. The van der Waals surface area contributed by atoms with Crippen LogP contribution in [0.3, 0.4) is 0 Å². The summed E-state index contributed by atoms with van der Waals surface area (Å²) in [6.07, 6.45) is 5.82. The van der Waals surface area contributed by atoms with Crippen molar-refractivity contribution < 1.29 is 9.13 Å². The Morgan fingerprint density at radius 3 is 2.81 bits per heavy atom. The number of hydrogen-bond donors (Lipinski definition) is 1. The average Bonchev–Trinajstić information content (AvgIpc) is 2.99. The lowest BCUT2D eigenvalue weighted by Crippen LogP contribution is -2.31. The molecule has 0 aliphatic heterocycles. The number of ether oxygens (including phenoxy) is 1. The Morgan fingerprint density at radius 2 is 2.14 bits per heavy atom. The van der Waals surface area contributed by atoms with Crippen LogP contribution >= 0.6 is 11.6 Å². The van der Waals surface area contributed by atoms with Crippen molar-refractivity contribution >= 4 is 11.6 Å². The normalized spacial score (nSPS) is 17.3. The Balaban J connectivity index is 2.00. The maximum Gasteiger partial charge on any atom is 0.127 e. The number of methoxy groups -OCH3 is 1. The van der Waals surface area contributed by atoms with Gasteiger partial charge in [0.25, 0.3) is 0 Å². The molecule has 1 saturated carbocycles. The Bertz CT molecular complexity index is 415. The first-order valence-electron chi connectivity index (χ1n) is 7.85. The minimum Gasteiger partial charge on any atom is -0.383 e. The zero-order valence-electron chi connectivity index (χ0n) is 12.7. The van der Waals surface area contributed by atoms with E-state index in [-0.39, 0.29) is 5.82 Å². The standard InChI is InChI=1S/C17H25ClFNO/c1-21-10-9-20-12-14(13-5-2-3-6-13)11-15-16(18)7-4-8-17(15)19/h4,7-8,13-14,20H,2-3,5-6,9-12H2,1H3. The van der Waals surface area contributed by atoms with Crippen molar-refractivity contribution in [2.75, 3.05) is 26.8 Å². The summed E-state index contributed by atoms with van der Waals surface area (Å²) < 4.78 is 19.1. The van der Waals surface area contributed by atoms with Crippen molar-refractivity contribution in [3.63, 3.8) is 0 Å². The van der Waals surface area contributed by atoms with Gasteiger partial charge in [-0.05, 0) is 36.9 Å². The van der Waals surface area contributed by atoms with Crippen LogP contribution in [0.5, 0.6) is 0 Å². The number of rotatable bonds is 8. The fourth-order valence-electron chi connectivity index (χ4n) is 3.29. The molecule has 0 aromatic heterocycles. The van der Waals surface area contributed by atoms with Crippen LogP contribution in [0.1, 0.15) is 31.2 Å². The van der Waals surface area contributed by atoms with Crippen LogP contribution in [0.4, 0.5) is 4.39 Å². The molecule has 0 saturated heterocycles. The Morgan fingerprint density at radius 1 is 1.38 bits per heavy atom. The van der Waals surface area contributed by atoms with E-state index >= 15 is 0 Å². The van der Waals surface area contributed by atoms with Crippen molar-refractivity contribution in [2.24, 2.45) is 11.8 Å². The van der Waals surface area contributed by atoms with E-state index in [0.717, 1.165) is 19.5 Å². The molecular formula is C17H25ClFNO. The molecular weight excluding hydrogens is 289 g/mol. The van der Waals surface area contributed by atoms with Crippen molar-refractivity contribution in [3.05, 3.63) is 34.6 Å². The first-order chi connectivity index (χ1) is 10.2. The SMILES string of the molecule is COCCNCC(Cc1c(F)cccc1Cl)C1CCCC1. The minimum atomic E-state index is -0.178. The number of nitrogens with one attached hydrogen (secondary N) is 1. The van der Waals surface area contributed by atoms with E-state index in [9.17, 15) is 4.39 Å². The molecule has 21 heavy (non-hydrogen) atoms. The number of benzene rings is 1. The van der Waals surface area contributed by atoms with E-state index in [1.54, 1.807) is 19.2 Å². The van der Waals surface area contributed by atoms with Crippen LogP contribution in [-0.2, 0) is 11.2 Å². The second kappa shape index (κ2) is 8.72. The summed E-state index contributed by atoms with van der Waals surface area (Å²) in [5.41, 5.74) is 0.671. The third-order valence-electron chi connectivity index (χ3n) is 4.48. The van der Waals surface area contributed by atoms with E-state index in [1.165, 1.54) is 31.7 Å². The highest BCUT2D eigenvalue weighted by Gasteiger charge is 2.26. The molecule has 2 rings (SSSR count). The molecule has 0 amide bonds. The third kappa shape index (κ3) is 4.94. The summed E-state index contributed by atoms with van der Waals surface area (Å²) in [4.78, 5) is 0. The summed E-state index contributed by atoms with van der Waals surface area (Å²) in [7, 11) is 1.70. The van der Waals surface area contributed by atoms with Crippen LogP contribution < -0.4 is 5.32 Å². The summed E-state index contributed by atoms with van der Waals surface area (Å²) in [6, 6.07) is 4.96. The quantitative estimate of drug-likeness (QED) is 0.731. The van der Waals surface area contributed by atoms with Gasteiger partial charge in [0, 0.05) is 24.2 Å². The molecule has 0 spiro atoms. The Kier molecular flexibility index (Phi) is 6.94. The van der Waals surface area contributed by atoms with Gasteiger partial charge in [-0.2, -0.15) is 0 Å². The molecule has 0 heterocycles. The zero-order valence-corrected chi connectivity index (χ0v) is 13.5. The monoisotopic (exact) mass is 313 g/mol. The van der Waals surface area contributed by atoms with Gasteiger partial charge in [-0.1, -0.05) is 43.4 Å². The molecule has 2 nitrogen and oxygen atoms in total. The van der Waals surface area contributed by atoms with E-state index in [0.29, 0.717) is 29.0 Å². The van der Waals surface area contributed by atoms with Crippen LogP contribution in [0.2, 0.25) is 5.02 Å². The second-order valence-electron chi connectivity index (χ2n) is 5.91. The van der Waals surface area contributed by atoms with Gasteiger partial charge in [0.15, 0.2) is 0 Å². The largest absolute Gasteiger partial charge is 0.383 e. The van der Waals surface area contributed by atoms with E-state index in [2.05, 4.69) is 5.32 Å². The Hall–Kier alpha value is -0.640. The maximum absolute atomic E-state index is 14.0. The van der Waals surface area contributed by atoms with E-state index in [4.69, 9.17) is 16.3 Å². The Labute approximate surface area is 132 Å². The molecule has 4 heteroatoms. The molecule has 1 fully saturated rings. The maximum atomic E-state index is 14.0. The van der Waals surface area contributed by atoms with Gasteiger partial charge in [-0.25, -0.2) is 4.39 Å². The summed E-state index contributed by atoms with van der Waals surface area (Å²) >= 11 is 6.18. The van der Waals surface area contributed by atoms with Crippen LogP contribution in [-0.4, -0.2) is 26.8 Å². The van der Waals surface area contributed by atoms with Crippen molar-refractivity contribution in [1.82, 2.24) is 5.32 Å². The highest BCUT2D eigenvalue weighted by molar-refractivity contribution is 6.31. The fourth-order valence-corrected chi connectivity index (χ4v) is 3.53. The average molecular weight is 314 g/mol. The number of halogens is 2. The fraction of sp³-hybridized carbons (Fsp3) is 0.647. The molecule has 1 aliphatic carbocycles. The molecule has 0 radical (unpaired) electrons. The van der Waals surface area contributed by atoms with Gasteiger partial charge >= 0.3 is 0 Å². The van der Waals surface area contributed by atoms with Crippen molar-refractivity contribution in [1.29, 1.82) is 0 Å². The van der Waals surface area contributed by atoms with E-state index < -0.39 is 0 Å². The highest BCUT2D eigenvalue weighted by atomic mass is 35.5. The molecule has 1 atom stereocenters. The smallest absolute Gasteiger partial charge is 0.127 e. The predicted molar refractivity (Wildman–Crippen MR) is 85.3 cm³/mol. The lowest BCUT2D eigenvalue weighted by molar-refractivity contribution is 0.195. The molecule has 1 unspecified atom stereocenters. The molecule has 1 aliphatic rings. The summed E-state index contributed by atoms with van der Waals surface area (Å²) in [5.74, 6) is 0.942. The zero-order chi connectivity index (χ0) is 15.1. The van der Waals surface area contributed by atoms with E-state index in [1.807, 2.05) is 0 Å². The topological polar surface area (TPSA) is 21.3 Å². The highest BCUT2D eigenvalue weighted by Crippen LogP contribution is 2.34. The predicted octanol–water partition coefficient (Wildman–Crippen LogP) is 4.06. The second-order valence-corrected chi connectivity index (χ2v) is 6.31. The first-order valence-corrected chi connectivity index (χ1v) is 8.22. The molecule has 118 valence electrons. The minimum absolute atomic E-state index is 0.178. The van der Waals surface area contributed by atoms with Crippen LogP contribution in [0, 0.1) is 17.7 Å². The van der Waals surface area contributed by atoms with Gasteiger partial charge in [-0.3, -0.25) is 0 Å². The van der Waals surface area contributed by atoms with Gasteiger partial charge < -0.3 is 10.1 Å². The summed E-state index contributed by atoms with van der Waals surface area (Å²) in [5, 5.41) is 3.98. The third-order valence-corrected chi connectivity index (χ3v) is 4.84.